The van der Waals surface area contributed by atoms with Gasteiger partial charge in [-0.2, -0.15) is 0 Å². The molecule has 8 aromatic carbocycles. The van der Waals surface area contributed by atoms with E-state index in [1.165, 1.54) is 44.1 Å². The molecule has 59 heavy (non-hydrogen) atoms. The van der Waals surface area contributed by atoms with Gasteiger partial charge < -0.3 is 8.98 Å². The Labute approximate surface area is 340 Å². The predicted molar refractivity (Wildman–Crippen MR) is 241 cm³/mol. The van der Waals surface area contributed by atoms with Crippen molar-refractivity contribution >= 4 is 43.7 Å². The smallest absolute Gasteiger partial charge is 0.164 e. The lowest BCUT2D eigenvalue weighted by molar-refractivity contribution is 0.664. The number of furan rings is 1. The summed E-state index contributed by atoms with van der Waals surface area (Å²) in [7, 11) is 0. The van der Waals surface area contributed by atoms with Crippen molar-refractivity contribution in [2.24, 2.45) is 0 Å². The van der Waals surface area contributed by atoms with E-state index in [1.54, 1.807) is 0 Å². The zero-order chi connectivity index (χ0) is 39.2. The molecular formula is C54H36N4O. The molecule has 0 unspecified atom stereocenters. The van der Waals surface area contributed by atoms with Crippen LogP contribution in [0.4, 0.5) is 0 Å². The average molecular weight is 757 g/mol. The molecule has 0 fully saturated rings. The van der Waals surface area contributed by atoms with Gasteiger partial charge in [0.1, 0.15) is 11.2 Å². The highest BCUT2D eigenvalue weighted by Crippen LogP contribution is 2.53. The third-order valence-electron chi connectivity index (χ3n) is 12.2. The SMILES string of the molecule is CC1(C)c2ccccc2-c2ccc3c4cc(-c5ccc6oc7cccc(-c8nc(-c9ccccc9)nc(-c9ccccc9)n8)c7c6c5)ccc4n(-c4ccccc4)c3c21. The Balaban J connectivity index is 1.06. The minimum absolute atomic E-state index is 0.164. The van der Waals surface area contributed by atoms with Gasteiger partial charge in [-0.25, -0.2) is 15.0 Å². The van der Waals surface area contributed by atoms with E-state index < -0.39 is 0 Å². The zero-order valence-electron chi connectivity index (χ0n) is 32.5. The first-order valence-corrected chi connectivity index (χ1v) is 20.1. The highest BCUT2D eigenvalue weighted by atomic mass is 16.3. The van der Waals surface area contributed by atoms with Crippen LogP contribution >= 0.6 is 0 Å². The molecule has 11 aromatic rings. The standard InChI is InChI=1S/C54H36N4O/c1-54(2)44-23-13-12-21-38(44)39-27-28-40-42-31-35(25-29-45(42)58(50(40)49(39)54)37-19-10-5-11-20-37)36-26-30-46-43(32-36)48-41(22-14-24-47(48)59-46)53-56-51(33-15-6-3-7-16-33)55-52(57-53)34-17-8-4-9-18-34/h3-32H,1-2H3. The molecular weight excluding hydrogens is 721 g/mol. The van der Waals surface area contributed by atoms with E-state index in [4.69, 9.17) is 19.4 Å². The van der Waals surface area contributed by atoms with Crippen molar-refractivity contribution in [3.05, 3.63) is 193 Å². The van der Waals surface area contributed by atoms with E-state index in [0.29, 0.717) is 17.5 Å². The van der Waals surface area contributed by atoms with Crippen LogP contribution in [-0.4, -0.2) is 19.5 Å². The van der Waals surface area contributed by atoms with Gasteiger partial charge in [0.25, 0.3) is 0 Å². The fourth-order valence-electron chi connectivity index (χ4n) is 9.51. The Hall–Kier alpha value is -7.63. The van der Waals surface area contributed by atoms with Gasteiger partial charge in [-0.1, -0.05) is 153 Å². The third kappa shape index (κ3) is 5.08. The van der Waals surface area contributed by atoms with Crippen LogP contribution in [0.3, 0.4) is 0 Å². The molecule has 0 saturated heterocycles. The van der Waals surface area contributed by atoms with Gasteiger partial charge in [0.15, 0.2) is 17.5 Å². The first-order valence-electron chi connectivity index (χ1n) is 20.1. The van der Waals surface area contributed by atoms with E-state index >= 15 is 0 Å². The maximum absolute atomic E-state index is 6.53. The second kappa shape index (κ2) is 12.7. The molecule has 0 atom stereocenters. The molecule has 3 aromatic heterocycles. The first kappa shape index (κ1) is 33.5. The van der Waals surface area contributed by atoms with E-state index in [9.17, 15) is 0 Å². The number of nitrogens with zero attached hydrogens (tertiary/aromatic N) is 4. The average Bonchev–Trinajstić information content (AvgIpc) is 3.92. The Morgan fingerprint density at radius 3 is 1.78 bits per heavy atom. The summed E-state index contributed by atoms with van der Waals surface area (Å²) in [5, 5.41) is 4.47. The molecule has 1 aliphatic rings. The summed E-state index contributed by atoms with van der Waals surface area (Å²) >= 11 is 0. The van der Waals surface area contributed by atoms with Crippen molar-refractivity contribution in [3.63, 3.8) is 0 Å². The molecule has 0 N–H and O–H groups in total. The molecule has 278 valence electrons. The molecule has 5 nitrogen and oxygen atoms in total. The van der Waals surface area contributed by atoms with Crippen molar-refractivity contribution in [2.45, 2.75) is 19.3 Å². The van der Waals surface area contributed by atoms with Crippen molar-refractivity contribution in [3.8, 4) is 62.1 Å². The Kier molecular flexibility index (Phi) is 7.20. The lowest BCUT2D eigenvalue weighted by Crippen LogP contribution is -2.16. The number of hydrogen-bond donors (Lipinski definition) is 0. The monoisotopic (exact) mass is 756 g/mol. The second-order valence-electron chi connectivity index (χ2n) is 16.0. The van der Waals surface area contributed by atoms with E-state index in [0.717, 1.165) is 55.4 Å². The van der Waals surface area contributed by atoms with Crippen molar-refractivity contribution in [1.82, 2.24) is 19.5 Å². The van der Waals surface area contributed by atoms with Crippen LogP contribution in [0.15, 0.2) is 186 Å². The molecule has 5 heteroatoms. The van der Waals surface area contributed by atoms with Crippen LogP contribution < -0.4 is 0 Å². The summed E-state index contributed by atoms with van der Waals surface area (Å²) in [4.78, 5) is 15.1. The van der Waals surface area contributed by atoms with Gasteiger partial charge in [0, 0.05) is 49.3 Å². The lowest BCUT2D eigenvalue weighted by Gasteiger charge is -2.23. The predicted octanol–water partition coefficient (Wildman–Crippen LogP) is 13.8. The van der Waals surface area contributed by atoms with Crippen LogP contribution in [0.5, 0.6) is 0 Å². The Morgan fingerprint density at radius 2 is 1.05 bits per heavy atom. The third-order valence-corrected chi connectivity index (χ3v) is 12.2. The van der Waals surface area contributed by atoms with Crippen LogP contribution in [0.1, 0.15) is 25.0 Å². The number of hydrogen-bond acceptors (Lipinski definition) is 4. The number of benzene rings is 8. The lowest BCUT2D eigenvalue weighted by atomic mass is 9.81. The maximum atomic E-state index is 6.53. The maximum Gasteiger partial charge on any atom is 0.164 e. The minimum atomic E-state index is -0.164. The van der Waals surface area contributed by atoms with E-state index in [-0.39, 0.29) is 5.41 Å². The highest BCUT2D eigenvalue weighted by molar-refractivity contribution is 6.15. The summed E-state index contributed by atoms with van der Waals surface area (Å²) in [6.07, 6.45) is 0. The number of para-hydroxylation sites is 1. The topological polar surface area (TPSA) is 56.7 Å². The molecule has 1 aliphatic carbocycles. The molecule has 0 radical (unpaired) electrons. The fraction of sp³-hybridized carbons (Fsp3) is 0.0556. The van der Waals surface area contributed by atoms with Gasteiger partial charge >= 0.3 is 0 Å². The normalized spacial score (nSPS) is 13.1. The molecule has 0 amide bonds. The Morgan fingerprint density at radius 1 is 0.441 bits per heavy atom. The minimum Gasteiger partial charge on any atom is -0.456 e. The van der Waals surface area contributed by atoms with Crippen LogP contribution in [-0.2, 0) is 5.41 Å². The van der Waals surface area contributed by atoms with E-state index in [2.05, 4.69) is 128 Å². The van der Waals surface area contributed by atoms with Gasteiger partial charge in [0.2, 0.25) is 0 Å². The summed E-state index contributed by atoms with van der Waals surface area (Å²) in [5.74, 6) is 1.85. The van der Waals surface area contributed by atoms with Gasteiger partial charge in [-0.3, -0.25) is 0 Å². The Bertz CT molecular complexity index is 3400. The number of aromatic nitrogens is 4. The van der Waals surface area contributed by atoms with Crippen LogP contribution in [0.25, 0.3) is 106 Å². The van der Waals surface area contributed by atoms with Gasteiger partial charge in [-0.05, 0) is 75.8 Å². The molecule has 3 heterocycles. The second-order valence-corrected chi connectivity index (χ2v) is 16.0. The van der Waals surface area contributed by atoms with Gasteiger partial charge in [0.05, 0.1) is 11.0 Å². The van der Waals surface area contributed by atoms with Crippen molar-refractivity contribution < 1.29 is 4.42 Å². The highest BCUT2D eigenvalue weighted by Gasteiger charge is 2.38. The largest absolute Gasteiger partial charge is 0.456 e. The van der Waals surface area contributed by atoms with E-state index in [1.807, 2.05) is 72.8 Å². The molecule has 0 spiro atoms. The molecule has 0 aliphatic heterocycles. The van der Waals surface area contributed by atoms with Crippen LogP contribution in [0.2, 0.25) is 0 Å². The summed E-state index contributed by atoms with van der Waals surface area (Å²) in [5.41, 5.74) is 15.4. The molecule has 12 rings (SSSR count). The quantitative estimate of drug-likeness (QED) is 0.175. The molecule has 0 saturated carbocycles. The summed E-state index contributed by atoms with van der Waals surface area (Å²) in [6, 6.07) is 64.1. The fourth-order valence-corrected chi connectivity index (χ4v) is 9.51. The number of rotatable bonds is 5. The van der Waals surface area contributed by atoms with Crippen molar-refractivity contribution in [1.29, 1.82) is 0 Å². The summed E-state index contributed by atoms with van der Waals surface area (Å²) in [6.45, 7) is 4.74. The zero-order valence-corrected chi connectivity index (χ0v) is 32.5. The van der Waals surface area contributed by atoms with Crippen LogP contribution in [0, 0.1) is 0 Å². The van der Waals surface area contributed by atoms with Gasteiger partial charge in [-0.15, -0.1) is 0 Å². The van der Waals surface area contributed by atoms with Crippen molar-refractivity contribution in [2.75, 3.05) is 0 Å². The molecule has 0 bridgehead atoms. The number of fused-ring (bicyclic) bond motifs is 10. The summed E-state index contributed by atoms with van der Waals surface area (Å²) < 4.78 is 9.00. The first-order chi connectivity index (χ1) is 29.0.